The van der Waals surface area contributed by atoms with Gasteiger partial charge in [-0.25, -0.2) is 5.10 Å². The Hall–Kier alpha value is -0.360. The Kier molecular flexibility index (Phi) is 7.79. The van der Waals surface area contributed by atoms with Crippen LogP contribution in [0.5, 0.6) is 0 Å². The van der Waals surface area contributed by atoms with Gasteiger partial charge in [-0.15, -0.1) is 0 Å². The molecule has 1 unspecified atom stereocenters. The van der Waals surface area contributed by atoms with Gasteiger partial charge in [-0.05, 0) is 83.0 Å². The summed E-state index contributed by atoms with van der Waals surface area (Å²) in [5.41, 5.74) is -0.388. The molecule has 3 heterocycles. The number of nitrogens with zero attached hydrogens (tertiary/aromatic N) is 3. The van der Waals surface area contributed by atoms with Crippen LogP contribution in [0.1, 0.15) is 25.5 Å². The summed E-state index contributed by atoms with van der Waals surface area (Å²) >= 11 is 12.6. The van der Waals surface area contributed by atoms with Crippen LogP contribution in [0.25, 0.3) is 0 Å². The highest BCUT2D eigenvalue weighted by atomic mass is 79.9. The summed E-state index contributed by atoms with van der Waals surface area (Å²) in [6.45, 7) is 0.701. The first-order chi connectivity index (χ1) is 11.4. The van der Waals surface area contributed by atoms with Gasteiger partial charge >= 0.3 is 0 Å². The van der Waals surface area contributed by atoms with Gasteiger partial charge in [0, 0.05) is 6.61 Å². The van der Waals surface area contributed by atoms with E-state index in [1.54, 1.807) is 6.20 Å². The number of nitrogens with one attached hydrogen (secondary N) is 1. The van der Waals surface area contributed by atoms with Gasteiger partial charge in [0.05, 0.1) is 25.8 Å². The van der Waals surface area contributed by atoms with Crippen LogP contribution in [0, 0.1) is 0 Å². The molecular weight excluding hydrogens is 580 g/mol. The lowest BCUT2D eigenvalue weighted by Crippen LogP contribution is -2.31. The van der Waals surface area contributed by atoms with Crippen LogP contribution in [-0.2, 0) is 4.74 Å². The Morgan fingerprint density at radius 2 is 1.79 bits per heavy atom. The summed E-state index contributed by atoms with van der Waals surface area (Å²) < 4.78 is 9.19. The number of hydrogen-bond acceptors (Lipinski definition) is 5. The van der Waals surface area contributed by atoms with Gasteiger partial charge in [-0.3, -0.25) is 9.59 Å². The number of H-pyrrole nitrogens is 1. The molecule has 1 aliphatic heterocycles. The highest BCUT2D eigenvalue weighted by molar-refractivity contribution is 9.13. The van der Waals surface area contributed by atoms with Crippen LogP contribution in [0.15, 0.2) is 39.9 Å². The lowest BCUT2D eigenvalue weighted by molar-refractivity contribution is -0.0426. The fourth-order valence-electron chi connectivity index (χ4n) is 1.91. The molecule has 3 rings (SSSR count). The Balaban J connectivity index is 0.000000198. The molecule has 1 fully saturated rings. The van der Waals surface area contributed by atoms with Crippen molar-refractivity contribution in [1.29, 1.82) is 0 Å². The summed E-state index contributed by atoms with van der Waals surface area (Å²) in [5, 5.41) is 9.85. The average molecular weight is 592 g/mol. The van der Waals surface area contributed by atoms with Crippen LogP contribution < -0.4 is 11.1 Å². The molecule has 0 spiro atoms. The third-order valence-electron chi connectivity index (χ3n) is 3.08. The third-order valence-corrected chi connectivity index (χ3v) is 6.90. The number of aromatic amines is 1. The van der Waals surface area contributed by atoms with Gasteiger partial charge in [-0.2, -0.15) is 14.9 Å². The normalized spacial score (nSPS) is 17.1. The average Bonchev–Trinajstić information content (AvgIpc) is 2.59. The van der Waals surface area contributed by atoms with Crippen LogP contribution in [0.2, 0.25) is 0 Å². The van der Waals surface area contributed by atoms with E-state index in [4.69, 9.17) is 4.74 Å². The van der Waals surface area contributed by atoms with Gasteiger partial charge < -0.3 is 4.74 Å². The summed E-state index contributed by atoms with van der Waals surface area (Å²) in [6.07, 6.45) is 5.88. The van der Waals surface area contributed by atoms with Crippen molar-refractivity contribution in [3.05, 3.63) is 51.0 Å². The van der Waals surface area contributed by atoms with Gasteiger partial charge in [0.2, 0.25) is 0 Å². The predicted octanol–water partition coefficient (Wildman–Crippen LogP) is 3.76. The van der Waals surface area contributed by atoms with E-state index in [2.05, 4.69) is 79.0 Å². The molecule has 24 heavy (non-hydrogen) atoms. The first-order valence-electron chi connectivity index (χ1n) is 6.85. The van der Waals surface area contributed by atoms with E-state index in [0.717, 1.165) is 19.3 Å². The fraction of sp³-hybridized carbons (Fsp3) is 0.385. The molecule has 0 amide bonds. The standard InChI is InChI=1S/C9H10Br2N2O2.C4H2Br2N2O/c10-6-5-12-13(9(14)8(6)11)7-3-1-2-4-15-7;5-2-1-7-8-4(9)3(2)6/h5,7H,1-4H2;1H,(H,8,9). The maximum atomic E-state index is 11.8. The quantitative estimate of drug-likeness (QED) is 0.546. The van der Waals surface area contributed by atoms with E-state index < -0.39 is 0 Å². The second kappa shape index (κ2) is 9.37. The van der Waals surface area contributed by atoms with Crippen LogP contribution in [0.3, 0.4) is 0 Å². The van der Waals surface area contributed by atoms with Crippen molar-refractivity contribution in [3.63, 3.8) is 0 Å². The molecular formula is C13H12Br4N4O3. The zero-order chi connectivity index (χ0) is 17.7. The SMILES string of the molecule is O=c1[nH]ncc(Br)c1Br.O=c1c(Br)c(Br)cnn1C1CCCCO1. The largest absolute Gasteiger partial charge is 0.356 e. The van der Waals surface area contributed by atoms with Crippen molar-refractivity contribution in [2.75, 3.05) is 6.61 Å². The number of hydrogen-bond donors (Lipinski definition) is 1. The zero-order valence-electron chi connectivity index (χ0n) is 12.1. The van der Waals surface area contributed by atoms with Crippen LogP contribution >= 0.6 is 63.7 Å². The summed E-state index contributed by atoms with van der Waals surface area (Å²) in [5.74, 6) is 0. The van der Waals surface area contributed by atoms with Crippen LogP contribution in [-0.4, -0.2) is 26.6 Å². The number of halogens is 4. The second-order valence-corrected chi connectivity index (χ2v) is 8.03. The molecule has 0 bridgehead atoms. The molecule has 0 aliphatic carbocycles. The van der Waals surface area contributed by atoms with E-state index in [-0.39, 0.29) is 17.3 Å². The molecule has 11 heteroatoms. The first-order valence-corrected chi connectivity index (χ1v) is 10.0. The Morgan fingerprint density at radius 1 is 1.08 bits per heavy atom. The molecule has 130 valence electrons. The van der Waals surface area contributed by atoms with E-state index in [9.17, 15) is 9.59 Å². The predicted molar refractivity (Wildman–Crippen MR) is 103 cm³/mol. The van der Waals surface area contributed by atoms with E-state index >= 15 is 0 Å². The molecule has 1 saturated heterocycles. The molecule has 2 aromatic heterocycles. The molecule has 0 aromatic carbocycles. The monoisotopic (exact) mass is 588 g/mol. The van der Waals surface area contributed by atoms with Gasteiger partial charge in [-0.1, -0.05) is 0 Å². The maximum Gasteiger partial charge on any atom is 0.284 e. The molecule has 1 N–H and O–H groups in total. The lowest BCUT2D eigenvalue weighted by atomic mass is 10.2. The first kappa shape index (κ1) is 20.0. The Labute approximate surface area is 170 Å². The van der Waals surface area contributed by atoms with Gasteiger partial charge in [0.15, 0.2) is 6.23 Å². The van der Waals surface area contributed by atoms with Crippen LogP contribution in [0.4, 0.5) is 0 Å². The summed E-state index contributed by atoms with van der Waals surface area (Å²) in [7, 11) is 0. The third kappa shape index (κ3) is 5.07. The minimum absolute atomic E-state index is 0.156. The molecule has 1 atom stereocenters. The molecule has 0 saturated carbocycles. The number of rotatable bonds is 1. The van der Waals surface area contributed by atoms with E-state index in [1.807, 2.05) is 0 Å². The fourth-order valence-corrected chi connectivity index (χ4v) is 2.93. The minimum Gasteiger partial charge on any atom is -0.356 e. The Bertz CT molecular complexity index is 818. The van der Waals surface area contributed by atoms with Crippen molar-refractivity contribution in [2.24, 2.45) is 0 Å². The maximum absolute atomic E-state index is 11.8. The highest BCUT2D eigenvalue weighted by Crippen LogP contribution is 2.22. The zero-order valence-corrected chi connectivity index (χ0v) is 18.5. The minimum atomic E-state index is -0.232. The molecule has 2 aromatic rings. The Morgan fingerprint density at radius 3 is 2.38 bits per heavy atom. The van der Waals surface area contributed by atoms with E-state index in [0.29, 0.717) is 24.5 Å². The van der Waals surface area contributed by atoms with Crippen molar-refractivity contribution in [2.45, 2.75) is 25.5 Å². The highest BCUT2D eigenvalue weighted by Gasteiger charge is 2.19. The number of ether oxygens (including phenoxy) is 1. The topological polar surface area (TPSA) is 89.9 Å². The van der Waals surface area contributed by atoms with Gasteiger partial charge in [0.1, 0.15) is 4.47 Å². The summed E-state index contributed by atoms with van der Waals surface area (Å²) in [6, 6.07) is 0. The van der Waals surface area contributed by atoms with Crippen molar-refractivity contribution in [1.82, 2.24) is 20.0 Å². The van der Waals surface area contributed by atoms with Crippen molar-refractivity contribution >= 4 is 63.7 Å². The molecule has 1 aliphatic rings. The summed E-state index contributed by atoms with van der Waals surface area (Å²) in [4.78, 5) is 22.5. The van der Waals surface area contributed by atoms with Crippen molar-refractivity contribution in [3.8, 4) is 0 Å². The second-order valence-electron chi connectivity index (χ2n) is 4.74. The molecule has 0 radical (unpaired) electrons. The van der Waals surface area contributed by atoms with Crippen molar-refractivity contribution < 1.29 is 4.74 Å². The number of aromatic nitrogens is 4. The van der Waals surface area contributed by atoms with E-state index in [1.165, 1.54) is 10.9 Å². The smallest absolute Gasteiger partial charge is 0.284 e. The van der Waals surface area contributed by atoms with Gasteiger partial charge in [0.25, 0.3) is 11.1 Å². The molecule has 7 nitrogen and oxygen atoms in total. The lowest BCUT2D eigenvalue weighted by Gasteiger charge is -2.23.